The summed E-state index contributed by atoms with van der Waals surface area (Å²) in [6.45, 7) is 0. The Hall–Kier alpha value is -0.400. The molecular formula is C13H14Cl2O. The SMILES string of the molecule is COc1cc(C23CC(CCl)(C2)C3)ccc1Cl. The van der Waals surface area contributed by atoms with Crippen LogP contribution in [0.4, 0.5) is 0 Å². The molecule has 0 N–H and O–H groups in total. The Labute approximate surface area is 106 Å². The molecule has 3 aliphatic rings. The van der Waals surface area contributed by atoms with Crippen LogP contribution in [0, 0.1) is 5.41 Å². The van der Waals surface area contributed by atoms with E-state index in [1.54, 1.807) is 7.11 Å². The molecule has 0 aromatic heterocycles. The van der Waals surface area contributed by atoms with Crippen molar-refractivity contribution in [3.05, 3.63) is 28.8 Å². The lowest BCUT2D eigenvalue weighted by Gasteiger charge is -2.71. The monoisotopic (exact) mass is 256 g/mol. The number of methoxy groups -OCH3 is 1. The van der Waals surface area contributed by atoms with E-state index < -0.39 is 0 Å². The molecule has 1 nitrogen and oxygen atoms in total. The molecule has 3 saturated carbocycles. The van der Waals surface area contributed by atoms with E-state index in [1.807, 2.05) is 6.07 Å². The number of halogens is 2. The van der Waals surface area contributed by atoms with Gasteiger partial charge >= 0.3 is 0 Å². The van der Waals surface area contributed by atoms with Gasteiger partial charge in [-0.1, -0.05) is 17.7 Å². The molecule has 3 heteroatoms. The first-order valence-corrected chi connectivity index (χ1v) is 6.44. The molecule has 3 fully saturated rings. The van der Waals surface area contributed by atoms with E-state index in [9.17, 15) is 0 Å². The first-order valence-electron chi connectivity index (χ1n) is 5.53. The van der Waals surface area contributed by atoms with Crippen LogP contribution in [-0.4, -0.2) is 13.0 Å². The van der Waals surface area contributed by atoms with Crippen molar-refractivity contribution in [3.8, 4) is 5.75 Å². The van der Waals surface area contributed by atoms with E-state index in [2.05, 4.69) is 12.1 Å². The van der Waals surface area contributed by atoms with Crippen molar-refractivity contribution in [3.63, 3.8) is 0 Å². The molecule has 0 atom stereocenters. The molecule has 0 unspecified atom stereocenters. The number of rotatable bonds is 3. The third kappa shape index (κ3) is 1.25. The molecule has 16 heavy (non-hydrogen) atoms. The van der Waals surface area contributed by atoms with Crippen molar-refractivity contribution < 1.29 is 4.74 Å². The second-order valence-corrected chi connectivity index (χ2v) is 5.97. The third-order valence-electron chi connectivity index (χ3n) is 4.19. The van der Waals surface area contributed by atoms with Crippen LogP contribution in [0.15, 0.2) is 18.2 Å². The van der Waals surface area contributed by atoms with Crippen LogP contribution in [0.25, 0.3) is 0 Å². The Morgan fingerprint density at radius 3 is 2.56 bits per heavy atom. The third-order valence-corrected chi connectivity index (χ3v) is 5.07. The van der Waals surface area contributed by atoms with Gasteiger partial charge in [0.05, 0.1) is 12.1 Å². The summed E-state index contributed by atoms with van der Waals surface area (Å²) in [4.78, 5) is 0. The Kier molecular flexibility index (Phi) is 2.22. The lowest BCUT2D eigenvalue weighted by Crippen LogP contribution is -2.65. The Morgan fingerprint density at radius 2 is 2.00 bits per heavy atom. The standard InChI is InChI=1S/C13H14Cl2O/c1-16-11-4-9(2-3-10(11)15)13-5-12(6-13,7-13)8-14/h2-4H,5-8H2,1H3. The van der Waals surface area contributed by atoms with Crippen LogP contribution in [0.1, 0.15) is 24.8 Å². The summed E-state index contributed by atoms with van der Waals surface area (Å²) in [6, 6.07) is 6.14. The molecule has 0 spiro atoms. The van der Waals surface area contributed by atoms with Crippen molar-refractivity contribution >= 4 is 23.2 Å². The van der Waals surface area contributed by atoms with E-state index in [-0.39, 0.29) is 0 Å². The second-order valence-electron chi connectivity index (χ2n) is 5.29. The summed E-state index contributed by atoms with van der Waals surface area (Å²) in [5, 5.41) is 0.685. The van der Waals surface area contributed by atoms with Gasteiger partial charge in [-0.25, -0.2) is 0 Å². The van der Waals surface area contributed by atoms with Crippen LogP contribution in [-0.2, 0) is 5.41 Å². The van der Waals surface area contributed by atoms with Gasteiger partial charge in [-0.2, -0.15) is 0 Å². The average molecular weight is 257 g/mol. The van der Waals surface area contributed by atoms with Gasteiger partial charge in [0.1, 0.15) is 5.75 Å². The van der Waals surface area contributed by atoms with Gasteiger partial charge in [-0.05, 0) is 47.8 Å². The van der Waals surface area contributed by atoms with Gasteiger partial charge in [0.15, 0.2) is 0 Å². The maximum atomic E-state index is 6.03. The zero-order valence-corrected chi connectivity index (χ0v) is 10.7. The number of hydrogen-bond acceptors (Lipinski definition) is 1. The molecule has 2 bridgehead atoms. The number of ether oxygens (including phenoxy) is 1. The lowest BCUT2D eigenvalue weighted by molar-refractivity contribution is -0.122. The summed E-state index contributed by atoms with van der Waals surface area (Å²) in [5.74, 6) is 1.59. The quantitative estimate of drug-likeness (QED) is 0.743. The summed E-state index contributed by atoms with van der Waals surface area (Å²) in [7, 11) is 1.66. The summed E-state index contributed by atoms with van der Waals surface area (Å²) >= 11 is 12.0. The molecule has 3 aliphatic carbocycles. The fourth-order valence-electron chi connectivity index (χ4n) is 3.44. The van der Waals surface area contributed by atoms with E-state index in [0.717, 1.165) is 11.6 Å². The summed E-state index contributed by atoms with van der Waals surface area (Å²) in [5.41, 5.74) is 2.20. The van der Waals surface area contributed by atoms with Crippen molar-refractivity contribution in [1.82, 2.24) is 0 Å². The zero-order valence-electron chi connectivity index (χ0n) is 9.22. The van der Waals surface area contributed by atoms with E-state index >= 15 is 0 Å². The van der Waals surface area contributed by atoms with E-state index in [0.29, 0.717) is 15.9 Å². The largest absolute Gasteiger partial charge is 0.495 e. The molecule has 86 valence electrons. The zero-order chi connectivity index (χ0) is 11.4. The first-order chi connectivity index (χ1) is 7.63. The maximum Gasteiger partial charge on any atom is 0.137 e. The number of alkyl halides is 1. The predicted molar refractivity (Wildman–Crippen MR) is 66.7 cm³/mol. The fourth-order valence-corrected chi connectivity index (χ4v) is 3.91. The smallest absolute Gasteiger partial charge is 0.137 e. The van der Waals surface area contributed by atoms with Gasteiger partial charge in [-0.3, -0.25) is 0 Å². The molecule has 0 aliphatic heterocycles. The Morgan fingerprint density at radius 1 is 1.31 bits per heavy atom. The van der Waals surface area contributed by atoms with Crippen LogP contribution >= 0.6 is 23.2 Å². The van der Waals surface area contributed by atoms with Crippen molar-refractivity contribution in [1.29, 1.82) is 0 Å². The van der Waals surface area contributed by atoms with Crippen molar-refractivity contribution in [2.75, 3.05) is 13.0 Å². The topological polar surface area (TPSA) is 9.23 Å². The van der Waals surface area contributed by atoms with Gasteiger partial charge in [0.2, 0.25) is 0 Å². The highest BCUT2D eigenvalue weighted by atomic mass is 35.5. The number of hydrogen-bond donors (Lipinski definition) is 0. The van der Waals surface area contributed by atoms with Gasteiger partial charge < -0.3 is 4.74 Å². The lowest BCUT2D eigenvalue weighted by atomic mass is 9.34. The van der Waals surface area contributed by atoms with E-state index in [1.165, 1.54) is 24.8 Å². The minimum absolute atomic E-state index is 0.382. The second kappa shape index (κ2) is 3.30. The minimum Gasteiger partial charge on any atom is -0.495 e. The minimum atomic E-state index is 0.382. The van der Waals surface area contributed by atoms with Gasteiger partial charge in [-0.15, -0.1) is 11.6 Å². The summed E-state index contributed by atoms with van der Waals surface area (Å²) in [6.07, 6.45) is 3.69. The van der Waals surface area contributed by atoms with Gasteiger partial charge in [0, 0.05) is 5.88 Å². The molecular weight excluding hydrogens is 243 g/mol. The van der Waals surface area contributed by atoms with Crippen LogP contribution < -0.4 is 4.74 Å². The molecule has 0 heterocycles. The molecule has 0 radical (unpaired) electrons. The highest BCUT2D eigenvalue weighted by Crippen LogP contribution is 2.74. The molecule has 0 amide bonds. The first kappa shape index (κ1) is 10.7. The fraction of sp³-hybridized carbons (Fsp3) is 0.538. The molecule has 1 aromatic rings. The Bertz CT molecular complexity index is 422. The predicted octanol–water partition coefficient (Wildman–Crippen LogP) is 4.01. The Balaban J connectivity index is 1.87. The molecule has 4 rings (SSSR count). The van der Waals surface area contributed by atoms with Crippen LogP contribution in [0.5, 0.6) is 5.75 Å². The van der Waals surface area contributed by atoms with Crippen LogP contribution in [0.3, 0.4) is 0 Å². The maximum absolute atomic E-state index is 6.03. The van der Waals surface area contributed by atoms with Crippen molar-refractivity contribution in [2.24, 2.45) is 5.41 Å². The normalized spacial score (nSPS) is 35.2. The van der Waals surface area contributed by atoms with E-state index in [4.69, 9.17) is 27.9 Å². The highest BCUT2D eigenvalue weighted by molar-refractivity contribution is 6.32. The average Bonchev–Trinajstić information content (AvgIpc) is 2.17. The van der Waals surface area contributed by atoms with Gasteiger partial charge in [0.25, 0.3) is 0 Å². The highest BCUT2D eigenvalue weighted by Gasteiger charge is 2.67. The molecule has 0 saturated heterocycles. The van der Waals surface area contributed by atoms with Crippen molar-refractivity contribution in [2.45, 2.75) is 24.7 Å². The number of benzene rings is 1. The summed E-state index contributed by atoms with van der Waals surface area (Å²) < 4.78 is 5.26. The molecule has 1 aromatic carbocycles. The van der Waals surface area contributed by atoms with Crippen LogP contribution in [0.2, 0.25) is 5.02 Å².